The molecule has 0 bridgehead atoms. The number of rotatable bonds is 7. The van der Waals surface area contributed by atoms with Gasteiger partial charge in [-0.1, -0.05) is 42.5 Å². The minimum absolute atomic E-state index is 0.0670. The van der Waals surface area contributed by atoms with E-state index in [2.05, 4.69) is 34.9 Å². The van der Waals surface area contributed by atoms with Crippen LogP contribution in [-0.4, -0.2) is 30.7 Å². The predicted octanol–water partition coefficient (Wildman–Crippen LogP) is 2.79. The summed E-state index contributed by atoms with van der Waals surface area (Å²) < 4.78 is 0. The molecule has 6 heteroatoms. The molecule has 152 valence electrons. The van der Waals surface area contributed by atoms with Crippen molar-refractivity contribution in [3.05, 3.63) is 71.3 Å². The van der Waals surface area contributed by atoms with Crippen LogP contribution >= 0.6 is 0 Å². The van der Waals surface area contributed by atoms with Crippen molar-refractivity contribution in [1.82, 2.24) is 10.6 Å². The van der Waals surface area contributed by atoms with Crippen LogP contribution < -0.4 is 16.4 Å². The number of nitrogens with one attached hydrogen (secondary N) is 3. The van der Waals surface area contributed by atoms with Crippen LogP contribution in [0.5, 0.6) is 0 Å². The highest BCUT2D eigenvalue weighted by molar-refractivity contribution is 6.00. The van der Waals surface area contributed by atoms with Gasteiger partial charge in [-0.2, -0.15) is 0 Å². The largest absolute Gasteiger partial charge is 0.384 e. The Balaban J connectivity index is 1.38. The lowest BCUT2D eigenvalue weighted by Gasteiger charge is -2.29. The van der Waals surface area contributed by atoms with Gasteiger partial charge in [-0.05, 0) is 55.2 Å². The maximum atomic E-state index is 12.2. The molecule has 0 spiro atoms. The minimum Gasteiger partial charge on any atom is -0.384 e. The summed E-state index contributed by atoms with van der Waals surface area (Å²) in [4.78, 5) is 24.3. The Hall–Kier alpha value is -3.15. The average molecular weight is 393 g/mol. The maximum Gasteiger partial charge on any atom is 0.251 e. The Morgan fingerprint density at radius 2 is 1.62 bits per heavy atom. The molecule has 29 heavy (non-hydrogen) atoms. The van der Waals surface area contributed by atoms with E-state index in [9.17, 15) is 9.59 Å². The fourth-order valence-corrected chi connectivity index (χ4v) is 3.84. The lowest BCUT2D eigenvalue weighted by molar-refractivity contribution is -0.120. The van der Waals surface area contributed by atoms with Crippen molar-refractivity contribution < 1.29 is 9.59 Å². The fourth-order valence-electron chi connectivity index (χ4n) is 3.84. The molecule has 1 aliphatic carbocycles. The highest BCUT2D eigenvalue weighted by atomic mass is 16.2. The lowest BCUT2D eigenvalue weighted by Crippen LogP contribution is -2.39. The van der Waals surface area contributed by atoms with Gasteiger partial charge in [0.05, 0.1) is 6.54 Å². The van der Waals surface area contributed by atoms with Crippen LogP contribution in [0, 0.1) is 11.3 Å². The molecule has 2 aromatic rings. The molecule has 0 saturated heterocycles. The predicted molar refractivity (Wildman–Crippen MR) is 114 cm³/mol. The third-order valence-corrected chi connectivity index (χ3v) is 5.55. The van der Waals surface area contributed by atoms with Crippen LogP contribution in [0.25, 0.3) is 0 Å². The number of carbonyl (C=O) groups excluding carboxylic acids is 2. The number of carbonyl (C=O) groups is 2. The molecule has 1 fully saturated rings. The van der Waals surface area contributed by atoms with E-state index in [1.54, 1.807) is 24.3 Å². The molecule has 0 atom stereocenters. The molecule has 3 rings (SSSR count). The quantitative estimate of drug-likeness (QED) is 0.430. The van der Waals surface area contributed by atoms with Gasteiger partial charge in [0.15, 0.2) is 0 Å². The summed E-state index contributed by atoms with van der Waals surface area (Å²) in [5, 5.41) is 13.0. The lowest BCUT2D eigenvalue weighted by atomic mass is 9.79. The van der Waals surface area contributed by atoms with E-state index in [0.717, 1.165) is 25.7 Å². The van der Waals surface area contributed by atoms with E-state index in [1.165, 1.54) is 5.56 Å². The van der Waals surface area contributed by atoms with Gasteiger partial charge in [0.1, 0.15) is 5.84 Å². The van der Waals surface area contributed by atoms with E-state index >= 15 is 0 Å². The second-order valence-electron chi connectivity index (χ2n) is 7.61. The SMILES string of the molecule is N=C(N)c1cccc(C(=O)NCC(=O)NCC2CCC(c3ccccc3)CC2)c1. The molecule has 5 N–H and O–H groups in total. The highest BCUT2D eigenvalue weighted by Crippen LogP contribution is 2.35. The molecule has 0 radical (unpaired) electrons. The molecule has 6 nitrogen and oxygen atoms in total. The molecule has 1 aliphatic rings. The monoisotopic (exact) mass is 392 g/mol. The summed E-state index contributed by atoms with van der Waals surface area (Å²) in [6.07, 6.45) is 4.50. The van der Waals surface area contributed by atoms with Gasteiger partial charge in [0.25, 0.3) is 5.91 Å². The van der Waals surface area contributed by atoms with E-state index in [1.807, 2.05) is 6.07 Å². The van der Waals surface area contributed by atoms with Crippen molar-refractivity contribution in [3.8, 4) is 0 Å². The number of amides is 2. The standard InChI is InChI=1S/C23H28N4O2/c24-22(25)19-7-4-8-20(13-19)23(29)27-15-21(28)26-14-16-9-11-18(12-10-16)17-5-2-1-3-6-17/h1-8,13,16,18H,9-12,14-15H2,(H3,24,25)(H,26,28)(H,27,29). The van der Waals surface area contributed by atoms with Gasteiger partial charge in [0.2, 0.25) is 5.91 Å². The first kappa shape index (κ1) is 20.6. The van der Waals surface area contributed by atoms with Crippen LogP contribution in [0.15, 0.2) is 54.6 Å². The molecule has 2 aromatic carbocycles. The zero-order chi connectivity index (χ0) is 20.6. The van der Waals surface area contributed by atoms with E-state index in [-0.39, 0.29) is 24.2 Å². The molecule has 0 heterocycles. The Kier molecular flexibility index (Phi) is 7.00. The molecular weight excluding hydrogens is 364 g/mol. The van der Waals surface area contributed by atoms with Crippen molar-refractivity contribution in [1.29, 1.82) is 5.41 Å². The van der Waals surface area contributed by atoms with Crippen molar-refractivity contribution in [3.63, 3.8) is 0 Å². The molecule has 1 saturated carbocycles. The number of hydrogen-bond donors (Lipinski definition) is 4. The zero-order valence-corrected chi connectivity index (χ0v) is 16.5. The first-order valence-corrected chi connectivity index (χ1v) is 10.1. The summed E-state index contributed by atoms with van der Waals surface area (Å²) in [6.45, 7) is 0.582. The maximum absolute atomic E-state index is 12.2. The third-order valence-electron chi connectivity index (χ3n) is 5.55. The summed E-state index contributed by atoms with van der Waals surface area (Å²) in [7, 11) is 0. The number of benzene rings is 2. The molecule has 0 aromatic heterocycles. The van der Waals surface area contributed by atoms with E-state index in [4.69, 9.17) is 11.1 Å². The smallest absolute Gasteiger partial charge is 0.251 e. The topological polar surface area (TPSA) is 108 Å². The first-order valence-electron chi connectivity index (χ1n) is 10.1. The fraction of sp³-hybridized carbons (Fsp3) is 0.348. The van der Waals surface area contributed by atoms with Crippen molar-refractivity contribution in [2.45, 2.75) is 31.6 Å². The van der Waals surface area contributed by atoms with E-state index in [0.29, 0.717) is 29.5 Å². The number of hydrogen-bond acceptors (Lipinski definition) is 3. The van der Waals surface area contributed by atoms with Crippen molar-refractivity contribution in [2.75, 3.05) is 13.1 Å². The van der Waals surface area contributed by atoms with E-state index < -0.39 is 0 Å². The first-order chi connectivity index (χ1) is 14.0. The van der Waals surface area contributed by atoms with Crippen LogP contribution in [0.2, 0.25) is 0 Å². The van der Waals surface area contributed by atoms with Crippen LogP contribution in [-0.2, 0) is 4.79 Å². The second-order valence-corrected chi connectivity index (χ2v) is 7.61. The van der Waals surface area contributed by atoms with Crippen molar-refractivity contribution in [2.24, 2.45) is 11.7 Å². The Morgan fingerprint density at radius 1 is 0.931 bits per heavy atom. The molecular formula is C23H28N4O2. The number of nitrogen functional groups attached to an aromatic ring is 1. The van der Waals surface area contributed by atoms with Gasteiger partial charge >= 0.3 is 0 Å². The van der Waals surface area contributed by atoms with Gasteiger partial charge in [-0.3, -0.25) is 15.0 Å². The van der Waals surface area contributed by atoms with Crippen LogP contribution in [0.1, 0.15) is 53.1 Å². The average Bonchev–Trinajstić information content (AvgIpc) is 2.77. The van der Waals surface area contributed by atoms with Gasteiger partial charge in [0, 0.05) is 17.7 Å². The number of nitrogens with two attached hydrogens (primary N) is 1. The summed E-state index contributed by atoms with van der Waals surface area (Å²) in [5.74, 6) is 0.465. The second kappa shape index (κ2) is 9.87. The number of amidine groups is 1. The van der Waals surface area contributed by atoms with Crippen LogP contribution in [0.4, 0.5) is 0 Å². The Bertz CT molecular complexity index is 858. The summed E-state index contributed by atoms with van der Waals surface area (Å²) in [6, 6.07) is 17.1. The van der Waals surface area contributed by atoms with Gasteiger partial charge in [-0.15, -0.1) is 0 Å². The van der Waals surface area contributed by atoms with Crippen molar-refractivity contribution >= 4 is 17.6 Å². The summed E-state index contributed by atoms with van der Waals surface area (Å²) in [5.41, 5.74) is 7.71. The van der Waals surface area contributed by atoms with Crippen LogP contribution in [0.3, 0.4) is 0 Å². The van der Waals surface area contributed by atoms with Gasteiger partial charge < -0.3 is 16.4 Å². The Morgan fingerprint density at radius 3 is 2.31 bits per heavy atom. The minimum atomic E-state index is -0.355. The zero-order valence-electron chi connectivity index (χ0n) is 16.5. The third kappa shape index (κ3) is 5.91. The molecule has 0 aliphatic heterocycles. The molecule has 0 unspecified atom stereocenters. The van der Waals surface area contributed by atoms with Gasteiger partial charge in [-0.25, -0.2) is 0 Å². The Labute approximate surface area is 171 Å². The normalized spacial score (nSPS) is 18.6. The summed E-state index contributed by atoms with van der Waals surface area (Å²) >= 11 is 0. The molecule has 2 amide bonds. The highest BCUT2D eigenvalue weighted by Gasteiger charge is 2.22.